The summed E-state index contributed by atoms with van der Waals surface area (Å²) in [6.07, 6.45) is -5.53. The summed E-state index contributed by atoms with van der Waals surface area (Å²) in [4.78, 5) is 29.2. The van der Waals surface area contributed by atoms with Gasteiger partial charge in [-0.2, -0.15) is 31.4 Å². The molecule has 1 unspecified atom stereocenters. The predicted molar refractivity (Wildman–Crippen MR) is 130 cm³/mol. The third-order valence-electron chi connectivity index (χ3n) is 5.33. The van der Waals surface area contributed by atoms with Gasteiger partial charge in [0, 0.05) is 20.8 Å². The van der Waals surface area contributed by atoms with Gasteiger partial charge < -0.3 is 20.3 Å². The van der Waals surface area contributed by atoms with E-state index in [1.165, 1.54) is 10.7 Å². The lowest BCUT2D eigenvalue weighted by molar-refractivity contribution is -0.204. The quantitative estimate of drug-likeness (QED) is 0.426. The molecule has 0 spiro atoms. The summed E-state index contributed by atoms with van der Waals surface area (Å²) in [7, 11) is 3.25. The molecule has 0 aromatic carbocycles. The number of alkyl halides is 6. The fraction of sp³-hybridized carbons (Fsp3) is 0.565. The van der Waals surface area contributed by atoms with Crippen molar-refractivity contribution in [2.45, 2.75) is 59.2 Å². The molecule has 0 bridgehead atoms. The van der Waals surface area contributed by atoms with Gasteiger partial charge in [0.1, 0.15) is 11.7 Å². The number of rotatable bonds is 5. The highest BCUT2D eigenvalue weighted by molar-refractivity contribution is 5.92. The van der Waals surface area contributed by atoms with Crippen LogP contribution in [0.4, 0.5) is 31.1 Å². The van der Waals surface area contributed by atoms with Crippen LogP contribution in [-0.2, 0) is 17.8 Å². The van der Waals surface area contributed by atoms with Crippen LogP contribution in [0.3, 0.4) is 0 Å². The zero-order valence-electron chi connectivity index (χ0n) is 23.0. The van der Waals surface area contributed by atoms with Crippen LogP contribution in [0.25, 0.3) is 5.65 Å². The van der Waals surface area contributed by atoms with Crippen molar-refractivity contribution in [1.29, 1.82) is 0 Å². The average Bonchev–Trinajstić information content (AvgIpc) is 3.55. The van der Waals surface area contributed by atoms with Gasteiger partial charge in [-0.25, -0.2) is 18.9 Å². The number of nitrogens with one attached hydrogen (secondary N) is 2. The zero-order valence-corrected chi connectivity index (χ0v) is 23.0. The van der Waals surface area contributed by atoms with E-state index >= 15 is 0 Å². The van der Waals surface area contributed by atoms with Gasteiger partial charge >= 0.3 is 18.4 Å². The van der Waals surface area contributed by atoms with E-state index in [4.69, 9.17) is 0 Å². The standard InChI is InChI=1S/C16H15F3N8O3.C5H9F3.C2H6O/c1-8-13(25-30-24-8)14(28)20-4-10-6-27-12(22-10)2-9(3-21-27)5-26-7-11(16(17,18)19)23-15(26)29;1-4(2,3)5(6,7)8;1-3-2/h2-3,6,11H,4-5,7H2,1H3,(H,20,28)(H,23,29);1-3H3;1-2H3. The second-order valence-electron chi connectivity index (χ2n) is 9.86. The molecular formula is C23H30F6N8O4. The van der Waals surface area contributed by atoms with Crippen LogP contribution in [-0.4, -0.2) is 80.9 Å². The highest BCUT2D eigenvalue weighted by atomic mass is 19.4. The monoisotopic (exact) mass is 596 g/mol. The van der Waals surface area contributed by atoms with Crippen molar-refractivity contribution in [3.63, 3.8) is 0 Å². The first-order chi connectivity index (χ1) is 18.9. The Morgan fingerprint density at radius 2 is 1.78 bits per heavy atom. The van der Waals surface area contributed by atoms with Crippen molar-refractivity contribution in [2.75, 3.05) is 20.8 Å². The highest BCUT2D eigenvalue weighted by Crippen LogP contribution is 2.36. The molecule has 1 aliphatic rings. The second kappa shape index (κ2) is 13.1. The second-order valence-corrected chi connectivity index (χ2v) is 9.86. The smallest absolute Gasteiger partial charge is 0.388 e. The number of halogens is 6. The molecule has 0 radical (unpaired) electrons. The molecule has 0 saturated carbocycles. The summed E-state index contributed by atoms with van der Waals surface area (Å²) >= 11 is 0. The Hall–Kier alpha value is -3.96. The Kier molecular flexibility index (Phi) is 10.7. The number of nitrogens with zero attached hydrogens (tertiary/aromatic N) is 6. The van der Waals surface area contributed by atoms with E-state index in [-0.39, 0.29) is 18.8 Å². The molecule has 1 fully saturated rings. The van der Waals surface area contributed by atoms with E-state index in [0.29, 0.717) is 22.6 Å². The van der Waals surface area contributed by atoms with Crippen molar-refractivity contribution < 1.29 is 45.3 Å². The van der Waals surface area contributed by atoms with Crippen molar-refractivity contribution in [1.82, 2.24) is 40.4 Å². The van der Waals surface area contributed by atoms with Crippen LogP contribution in [0, 0.1) is 12.3 Å². The molecule has 1 atom stereocenters. The lowest BCUT2D eigenvalue weighted by atomic mass is 9.96. The maximum Gasteiger partial charge on any atom is 0.410 e. The Balaban J connectivity index is 0.000000457. The maximum absolute atomic E-state index is 12.8. The molecule has 3 aromatic rings. The molecule has 12 nitrogen and oxygen atoms in total. The molecule has 0 aliphatic carbocycles. The van der Waals surface area contributed by atoms with E-state index in [0.717, 1.165) is 25.7 Å². The van der Waals surface area contributed by atoms with Gasteiger partial charge in [0.15, 0.2) is 11.3 Å². The minimum absolute atomic E-state index is 0.0424. The lowest BCUT2D eigenvalue weighted by Gasteiger charge is -2.21. The van der Waals surface area contributed by atoms with E-state index in [2.05, 4.69) is 35.1 Å². The summed E-state index contributed by atoms with van der Waals surface area (Å²) in [6, 6.07) is -1.08. The number of imidazole rings is 1. The van der Waals surface area contributed by atoms with Crippen LogP contribution >= 0.6 is 0 Å². The fourth-order valence-corrected chi connectivity index (χ4v) is 2.96. The third-order valence-corrected chi connectivity index (χ3v) is 5.33. The van der Waals surface area contributed by atoms with Gasteiger partial charge in [0.05, 0.1) is 36.6 Å². The predicted octanol–water partition coefficient (Wildman–Crippen LogP) is 3.66. The van der Waals surface area contributed by atoms with Gasteiger partial charge in [-0.1, -0.05) is 25.9 Å². The largest absolute Gasteiger partial charge is 0.410 e. The lowest BCUT2D eigenvalue weighted by Crippen LogP contribution is -2.40. The fourth-order valence-electron chi connectivity index (χ4n) is 2.96. The van der Waals surface area contributed by atoms with E-state index < -0.39 is 42.3 Å². The molecule has 3 aromatic heterocycles. The van der Waals surface area contributed by atoms with E-state index in [1.807, 2.05) is 5.32 Å². The molecule has 228 valence electrons. The molecule has 4 heterocycles. The van der Waals surface area contributed by atoms with Gasteiger partial charge in [0.25, 0.3) is 5.91 Å². The van der Waals surface area contributed by atoms with Crippen molar-refractivity contribution in [3.05, 3.63) is 41.1 Å². The molecule has 1 aliphatic heterocycles. The van der Waals surface area contributed by atoms with Crippen LogP contribution in [0.15, 0.2) is 23.1 Å². The molecular weight excluding hydrogens is 566 g/mol. The molecule has 3 amide bonds. The first kappa shape index (κ1) is 33.2. The summed E-state index contributed by atoms with van der Waals surface area (Å²) in [5.41, 5.74) is 0.298. The van der Waals surface area contributed by atoms with Crippen LogP contribution in [0.2, 0.25) is 0 Å². The molecule has 2 N–H and O–H groups in total. The summed E-state index contributed by atoms with van der Waals surface area (Å²) in [6.45, 7) is 4.59. The number of methoxy groups -OCH3 is 1. The first-order valence-corrected chi connectivity index (χ1v) is 11.9. The minimum Gasteiger partial charge on any atom is -0.388 e. The average molecular weight is 597 g/mol. The van der Waals surface area contributed by atoms with Crippen LogP contribution < -0.4 is 10.6 Å². The number of urea groups is 1. The summed E-state index contributed by atoms with van der Waals surface area (Å²) in [5.74, 6) is -0.473. The van der Waals surface area contributed by atoms with Gasteiger partial charge in [-0.3, -0.25) is 4.79 Å². The normalized spacial score (nSPS) is 15.6. The first-order valence-electron chi connectivity index (χ1n) is 11.9. The van der Waals surface area contributed by atoms with Crippen molar-refractivity contribution in [2.24, 2.45) is 5.41 Å². The zero-order chi connectivity index (χ0) is 31.2. The number of hydrogen-bond acceptors (Lipinski definition) is 8. The van der Waals surface area contributed by atoms with Crippen molar-refractivity contribution in [3.8, 4) is 0 Å². The molecule has 1 saturated heterocycles. The topological polar surface area (TPSA) is 140 Å². The maximum atomic E-state index is 12.8. The Labute approximate surface area is 230 Å². The number of aromatic nitrogens is 5. The van der Waals surface area contributed by atoms with Gasteiger partial charge in [-0.15, -0.1) is 0 Å². The van der Waals surface area contributed by atoms with E-state index in [9.17, 15) is 35.9 Å². The number of aryl methyl sites for hydroxylation is 1. The molecule has 41 heavy (non-hydrogen) atoms. The number of carbonyl (C=O) groups is 2. The number of ether oxygens (including phenoxy) is 1. The van der Waals surface area contributed by atoms with Gasteiger partial charge in [-0.05, 0) is 23.7 Å². The minimum atomic E-state index is -4.50. The Morgan fingerprint density at radius 3 is 2.27 bits per heavy atom. The molecule has 18 heteroatoms. The van der Waals surface area contributed by atoms with Gasteiger partial charge in [0.2, 0.25) is 0 Å². The third kappa shape index (κ3) is 9.29. The van der Waals surface area contributed by atoms with Crippen LogP contribution in [0.5, 0.6) is 0 Å². The Morgan fingerprint density at radius 1 is 1.17 bits per heavy atom. The van der Waals surface area contributed by atoms with E-state index in [1.54, 1.807) is 33.4 Å². The van der Waals surface area contributed by atoms with Crippen LogP contribution in [0.1, 0.15) is 48.2 Å². The number of amides is 3. The SMILES string of the molecule is CC(C)(C)C(F)(F)F.COC.Cc1nonc1C(=O)NCc1cn2ncc(CN3CC(C(F)(F)F)NC3=O)cc2n1. The highest BCUT2D eigenvalue weighted by Gasteiger charge is 2.46. The molecule has 4 rings (SSSR count). The summed E-state index contributed by atoms with van der Waals surface area (Å²) in [5, 5.41) is 15.7. The number of hydrogen-bond donors (Lipinski definition) is 2. The number of carbonyl (C=O) groups excluding carboxylic acids is 2. The van der Waals surface area contributed by atoms with Crippen molar-refractivity contribution >= 4 is 17.6 Å². The number of fused-ring (bicyclic) bond motifs is 1. The summed E-state index contributed by atoms with van der Waals surface area (Å²) < 4.78 is 83.2. The Bertz CT molecular complexity index is 1300.